The van der Waals surface area contributed by atoms with E-state index in [4.69, 9.17) is 11.6 Å². The predicted octanol–water partition coefficient (Wildman–Crippen LogP) is 4.65. The topological polar surface area (TPSA) is 83.4 Å². The zero-order valence-corrected chi connectivity index (χ0v) is 17.2. The van der Waals surface area contributed by atoms with Crippen molar-refractivity contribution < 1.29 is 14.7 Å². The molecule has 1 aliphatic rings. The van der Waals surface area contributed by atoms with E-state index in [1.54, 1.807) is 49.7 Å². The number of carbonyl (C=O) groups excluding carboxylic acids is 2. The number of hydrogen-bond acceptors (Lipinski definition) is 7. The van der Waals surface area contributed by atoms with Gasteiger partial charge in [-0.25, -0.2) is 9.97 Å². The normalized spacial score (nSPS) is 16.9. The Balaban J connectivity index is 1.90. The average molecular weight is 432 g/mol. The van der Waals surface area contributed by atoms with Gasteiger partial charge < -0.3 is 5.11 Å². The molecule has 0 saturated carbocycles. The number of halogens is 1. The summed E-state index contributed by atoms with van der Waals surface area (Å²) < 4.78 is 0. The minimum atomic E-state index is -0.827. The number of aliphatic hydroxyl groups is 1. The Morgan fingerprint density at radius 1 is 1.32 bits per heavy atom. The molecular formula is C19H14ClN3O3S2. The van der Waals surface area contributed by atoms with Crippen LogP contribution in [0.1, 0.15) is 32.0 Å². The van der Waals surface area contributed by atoms with Crippen molar-refractivity contribution in [2.75, 3.05) is 4.90 Å². The Morgan fingerprint density at radius 2 is 2.11 bits per heavy atom. The highest BCUT2D eigenvalue weighted by Gasteiger charge is 2.46. The molecule has 28 heavy (non-hydrogen) atoms. The molecule has 1 N–H and O–H groups in total. The third-order valence-corrected chi connectivity index (χ3v) is 6.43. The lowest BCUT2D eigenvalue weighted by atomic mass is 9.95. The van der Waals surface area contributed by atoms with E-state index in [1.807, 2.05) is 0 Å². The van der Waals surface area contributed by atoms with E-state index >= 15 is 0 Å². The molecular weight excluding hydrogens is 418 g/mol. The van der Waals surface area contributed by atoms with E-state index in [0.29, 0.717) is 26.3 Å². The van der Waals surface area contributed by atoms with Gasteiger partial charge in [-0.3, -0.25) is 14.5 Å². The number of hydrogen-bond donors (Lipinski definition) is 1. The van der Waals surface area contributed by atoms with Gasteiger partial charge in [0.15, 0.2) is 10.9 Å². The second kappa shape index (κ2) is 7.12. The number of Topliss-reactive ketones (excluding diaryl/α,β-unsaturated/α-hetero) is 1. The second-order valence-corrected chi connectivity index (χ2v) is 8.70. The molecule has 1 aliphatic heterocycles. The van der Waals surface area contributed by atoms with Crippen molar-refractivity contribution in [3.05, 3.63) is 73.3 Å². The number of anilines is 1. The molecule has 0 saturated heterocycles. The Hall–Kier alpha value is -2.55. The monoisotopic (exact) mass is 431 g/mol. The molecule has 1 atom stereocenters. The predicted molar refractivity (Wildman–Crippen MR) is 109 cm³/mol. The molecule has 0 bridgehead atoms. The number of benzene rings is 1. The van der Waals surface area contributed by atoms with Crippen LogP contribution in [0, 0.1) is 13.8 Å². The summed E-state index contributed by atoms with van der Waals surface area (Å²) in [7, 11) is 0. The summed E-state index contributed by atoms with van der Waals surface area (Å²) in [6, 6.07) is 6.06. The molecule has 2 aromatic heterocycles. The summed E-state index contributed by atoms with van der Waals surface area (Å²) in [5, 5.41) is 14.0. The summed E-state index contributed by atoms with van der Waals surface area (Å²) in [4.78, 5) is 36.5. The third-order valence-electron chi connectivity index (χ3n) is 4.35. The van der Waals surface area contributed by atoms with Crippen molar-refractivity contribution in [3.63, 3.8) is 0 Å². The van der Waals surface area contributed by atoms with Gasteiger partial charge in [-0.1, -0.05) is 23.7 Å². The van der Waals surface area contributed by atoms with E-state index in [-0.39, 0.29) is 5.57 Å². The smallest absolute Gasteiger partial charge is 0.296 e. The van der Waals surface area contributed by atoms with Crippen LogP contribution in [0.2, 0.25) is 5.02 Å². The Labute approximate surface area is 173 Å². The Morgan fingerprint density at radius 3 is 2.71 bits per heavy atom. The molecule has 0 aliphatic carbocycles. The lowest BCUT2D eigenvalue weighted by molar-refractivity contribution is -0.117. The van der Waals surface area contributed by atoms with E-state index in [1.165, 1.54) is 27.6 Å². The lowest BCUT2D eigenvalue weighted by Crippen LogP contribution is -2.30. The van der Waals surface area contributed by atoms with Gasteiger partial charge in [-0.2, -0.15) is 0 Å². The maximum absolute atomic E-state index is 13.3. The van der Waals surface area contributed by atoms with E-state index < -0.39 is 23.5 Å². The number of aliphatic hydroxyl groups excluding tert-OH is 1. The molecule has 1 unspecified atom stereocenters. The van der Waals surface area contributed by atoms with Crippen molar-refractivity contribution >= 4 is 51.1 Å². The third kappa shape index (κ3) is 3.03. The first-order valence-electron chi connectivity index (χ1n) is 8.29. The summed E-state index contributed by atoms with van der Waals surface area (Å²) >= 11 is 8.64. The summed E-state index contributed by atoms with van der Waals surface area (Å²) in [5.74, 6) is -1.66. The highest BCUT2D eigenvalue weighted by atomic mass is 35.5. The van der Waals surface area contributed by atoms with Crippen molar-refractivity contribution in [2.24, 2.45) is 0 Å². The summed E-state index contributed by atoms with van der Waals surface area (Å²) in [6.45, 7) is 3.54. The number of ketones is 1. The maximum atomic E-state index is 13.3. The minimum Gasteiger partial charge on any atom is -0.503 e. The van der Waals surface area contributed by atoms with Crippen molar-refractivity contribution in [2.45, 2.75) is 19.9 Å². The average Bonchev–Trinajstić information content (AvgIpc) is 3.34. The van der Waals surface area contributed by atoms with E-state index in [9.17, 15) is 14.7 Å². The van der Waals surface area contributed by atoms with Gasteiger partial charge in [0.05, 0.1) is 27.2 Å². The van der Waals surface area contributed by atoms with Crippen LogP contribution in [0.3, 0.4) is 0 Å². The standard InChI is InChI=1S/C19H14ClN3O3S2/c1-9-17(28-10(2)22-9)15(24)13-14(11-4-3-5-12(20)8-11)23(18(26)16(13)25)19-21-6-7-27-19/h3-8,14,25H,1-2H3. The van der Waals surface area contributed by atoms with Crippen molar-refractivity contribution in [1.82, 2.24) is 9.97 Å². The minimum absolute atomic E-state index is 0.00853. The number of thiazole rings is 2. The molecule has 9 heteroatoms. The van der Waals surface area contributed by atoms with Crippen LogP contribution in [-0.2, 0) is 4.79 Å². The van der Waals surface area contributed by atoms with Gasteiger partial charge in [-0.15, -0.1) is 22.7 Å². The van der Waals surface area contributed by atoms with Gasteiger partial charge in [-0.05, 0) is 31.5 Å². The van der Waals surface area contributed by atoms with Crippen LogP contribution >= 0.6 is 34.3 Å². The molecule has 4 rings (SSSR count). The molecule has 142 valence electrons. The maximum Gasteiger partial charge on any atom is 0.296 e. The van der Waals surface area contributed by atoms with Crippen LogP contribution in [-0.4, -0.2) is 26.8 Å². The van der Waals surface area contributed by atoms with Crippen molar-refractivity contribution in [3.8, 4) is 0 Å². The van der Waals surface area contributed by atoms with Gasteiger partial charge in [0.2, 0.25) is 5.78 Å². The number of rotatable bonds is 4. The number of aryl methyl sites for hydroxylation is 2. The first kappa shape index (κ1) is 18.8. The molecule has 0 fully saturated rings. The van der Waals surface area contributed by atoms with E-state index in [2.05, 4.69) is 9.97 Å². The molecule has 1 amide bonds. The molecule has 3 aromatic rings. The van der Waals surface area contributed by atoms with Crippen LogP contribution in [0.15, 0.2) is 47.2 Å². The zero-order chi connectivity index (χ0) is 20.0. The molecule has 6 nitrogen and oxygen atoms in total. The van der Waals surface area contributed by atoms with Gasteiger partial charge in [0.1, 0.15) is 0 Å². The first-order chi connectivity index (χ1) is 13.4. The highest BCUT2D eigenvalue weighted by Crippen LogP contribution is 2.43. The molecule has 1 aromatic carbocycles. The van der Waals surface area contributed by atoms with Crippen molar-refractivity contribution in [1.29, 1.82) is 0 Å². The van der Waals surface area contributed by atoms with Gasteiger partial charge >= 0.3 is 0 Å². The van der Waals surface area contributed by atoms with E-state index in [0.717, 1.165) is 5.01 Å². The highest BCUT2D eigenvalue weighted by molar-refractivity contribution is 7.14. The summed E-state index contributed by atoms with van der Waals surface area (Å²) in [6.07, 6.45) is 1.57. The fourth-order valence-corrected chi connectivity index (χ4v) is 4.97. The fourth-order valence-electron chi connectivity index (χ4n) is 3.23. The largest absolute Gasteiger partial charge is 0.503 e. The molecule has 3 heterocycles. The quantitative estimate of drug-likeness (QED) is 0.608. The Kier molecular flexibility index (Phi) is 4.78. The molecule has 0 spiro atoms. The number of amides is 1. The SMILES string of the molecule is Cc1nc(C)c(C(=O)C2=C(O)C(=O)N(c3nccs3)C2c2cccc(Cl)c2)s1. The molecule has 0 radical (unpaired) electrons. The second-order valence-electron chi connectivity index (χ2n) is 6.19. The van der Waals surface area contributed by atoms with Gasteiger partial charge in [0.25, 0.3) is 5.91 Å². The number of nitrogens with zero attached hydrogens (tertiary/aromatic N) is 3. The van der Waals surface area contributed by atoms with Crippen LogP contribution < -0.4 is 4.90 Å². The van der Waals surface area contributed by atoms with Crippen LogP contribution in [0.25, 0.3) is 0 Å². The fraction of sp³-hybridized carbons (Fsp3) is 0.158. The number of carbonyl (C=O) groups is 2. The summed E-state index contributed by atoms with van der Waals surface area (Å²) in [5.41, 5.74) is 1.19. The van der Waals surface area contributed by atoms with Gasteiger partial charge in [0, 0.05) is 16.6 Å². The lowest BCUT2D eigenvalue weighted by Gasteiger charge is -2.24. The first-order valence-corrected chi connectivity index (χ1v) is 10.4. The number of aromatic nitrogens is 2. The van der Waals surface area contributed by atoms with Crippen LogP contribution in [0.4, 0.5) is 5.13 Å². The zero-order valence-electron chi connectivity index (χ0n) is 14.8. The Bertz CT molecular complexity index is 1120. The van der Waals surface area contributed by atoms with Crippen LogP contribution in [0.5, 0.6) is 0 Å².